The van der Waals surface area contributed by atoms with Crippen LogP contribution >= 0.6 is 15.6 Å². The molecule has 5 unspecified atom stereocenters. The van der Waals surface area contributed by atoms with Gasteiger partial charge in [-0.15, -0.1) is 0 Å². The van der Waals surface area contributed by atoms with Crippen LogP contribution in [0.3, 0.4) is 0 Å². The van der Waals surface area contributed by atoms with Gasteiger partial charge in [0.1, 0.15) is 11.5 Å². The molecule has 5 aromatic carbocycles. The molecular weight excluding hydrogens is 694 g/mol. The molecule has 52 heavy (non-hydrogen) atoms. The summed E-state index contributed by atoms with van der Waals surface area (Å²) < 4.78 is 37.3. The van der Waals surface area contributed by atoms with E-state index >= 15 is 0 Å². The molecule has 10 heteroatoms. The van der Waals surface area contributed by atoms with E-state index in [4.69, 9.17) is 9.05 Å². The minimum atomic E-state index is -5.03. The van der Waals surface area contributed by atoms with E-state index in [-0.39, 0.29) is 35.2 Å². The van der Waals surface area contributed by atoms with Crippen molar-refractivity contribution in [2.24, 2.45) is 0 Å². The summed E-state index contributed by atoms with van der Waals surface area (Å²) in [6.45, 7) is 0. The third kappa shape index (κ3) is 3.46. The van der Waals surface area contributed by atoms with Crippen molar-refractivity contribution < 1.29 is 37.8 Å². The van der Waals surface area contributed by atoms with E-state index in [0.717, 1.165) is 35.1 Å². The van der Waals surface area contributed by atoms with Crippen molar-refractivity contribution in [1.82, 2.24) is 0 Å². The number of hydrogen-bond acceptors (Lipinski definition) is 4. The summed E-state index contributed by atoms with van der Waals surface area (Å²) in [6.07, 6.45) is 3.33. The molecule has 0 saturated carbocycles. The van der Waals surface area contributed by atoms with Crippen molar-refractivity contribution in [3.63, 3.8) is 0 Å². The van der Waals surface area contributed by atoms with E-state index in [1.807, 2.05) is 0 Å². The van der Waals surface area contributed by atoms with E-state index in [1.54, 1.807) is 0 Å². The van der Waals surface area contributed by atoms with Crippen molar-refractivity contribution >= 4 is 15.6 Å². The summed E-state index contributed by atoms with van der Waals surface area (Å²) in [5, 5.41) is 0. The largest absolute Gasteiger partial charge is 0.524 e. The van der Waals surface area contributed by atoms with Crippen LogP contribution in [-0.2, 0) is 9.13 Å². The van der Waals surface area contributed by atoms with E-state index in [1.165, 1.54) is 44.5 Å². The molecule has 0 saturated heterocycles. The Morgan fingerprint density at radius 1 is 0.385 bits per heavy atom. The van der Waals surface area contributed by atoms with Gasteiger partial charge in [0.25, 0.3) is 0 Å². The second-order valence-corrected chi connectivity index (χ2v) is 18.6. The molecule has 8 bridgehead atoms. The highest BCUT2D eigenvalue weighted by molar-refractivity contribution is 7.47. The van der Waals surface area contributed by atoms with Crippen molar-refractivity contribution in [2.45, 2.75) is 73.0 Å². The molecule has 0 heterocycles. The van der Waals surface area contributed by atoms with Gasteiger partial charge in [-0.25, -0.2) is 9.13 Å². The standard InChI is InChI=1S/C42H32O8P2/c43-51(44,45)49-41-37-33-15-34(30-12-26-22-9-21(25(26)11-29(30)33)17-5-1-2-6-18(17)22)38(37)42(50-52(46,47)48)40-36-16-35(39(40)41)31-13-27-23-10-24(28(27)14-32(31)36)20-8-4-3-7-19(20)23/h1-8,11-14,21-24,33-36H,9-10,15-16H2,(H2,43,44,45)(H2,46,47,48)/t21-,22+,23?,24?,33+,34?,35?,36?/m0/s1. The Kier molecular flexibility index (Phi) is 5.21. The lowest BCUT2D eigenvalue weighted by molar-refractivity contribution is 0.275. The van der Waals surface area contributed by atoms with Crippen molar-refractivity contribution in [3.8, 4) is 11.5 Å². The zero-order valence-corrected chi connectivity index (χ0v) is 29.5. The monoisotopic (exact) mass is 726 g/mol. The molecule has 8 atom stereocenters. The Hall–Kier alpha value is -4.00. The van der Waals surface area contributed by atoms with E-state index in [0.29, 0.717) is 58.8 Å². The van der Waals surface area contributed by atoms with Crippen LogP contribution in [-0.4, -0.2) is 19.6 Å². The van der Waals surface area contributed by atoms with Crippen molar-refractivity contribution in [1.29, 1.82) is 0 Å². The quantitative estimate of drug-likeness (QED) is 0.136. The first-order chi connectivity index (χ1) is 25.0. The number of hydrogen-bond donors (Lipinski definition) is 4. The Labute approximate surface area is 298 Å². The maximum absolute atomic E-state index is 12.8. The third-order valence-electron chi connectivity index (χ3n) is 14.3. The fourth-order valence-electron chi connectivity index (χ4n) is 12.9. The summed E-state index contributed by atoms with van der Waals surface area (Å²) in [5.41, 5.74) is 17.7. The number of benzene rings is 5. The van der Waals surface area contributed by atoms with Crippen LogP contribution in [0.2, 0.25) is 0 Å². The van der Waals surface area contributed by atoms with E-state index in [9.17, 15) is 28.7 Å². The molecule has 0 spiro atoms. The Bertz CT molecular complexity index is 2340. The highest BCUT2D eigenvalue weighted by Crippen LogP contribution is 2.73. The fraction of sp³-hybridized carbons (Fsp3) is 0.286. The van der Waals surface area contributed by atoms with Crippen LogP contribution in [0.1, 0.15) is 162 Å². The van der Waals surface area contributed by atoms with E-state index in [2.05, 4.69) is 72.8 Å². The van der Waals surface area contributed by atoms with Gasteiger partial charge in [-0.2, -0.15) is 0 Å². The van der Waals surface area contributed by atoms with Crippen LogP contribution in [0, 0.1) is 0 Å². The van der Waals surface area contributed by atoms with Gasteiger partial charge in [0.15, 0.2) is 0 Å². The summed E-state index contributed by atoms with van der Waals surface area (Å²) in [5.74, 6) is 0.661. The van der Waals surface area contributed by atoms with Crippen LogP contribution in [0.15, 0.2) is 72.8 Å². The molecule has 8 aliphatic rings. The molecule has 5 aromatic rings. The fourth-order valence-corrected chi connectivity index (χ4v) is 13.7. The highest BCUT2D eigenvalue weighted by Gasteiger charge is 2.56. The van der Waals surface area contributed by atoms with E-state index < -0.39 is 15.6 Å². The van der Waals surface area contributed by atoms with Gasteiger partial charge in [0.2, 0.25) is 0 Å². The lowest BCUT2D eigenvalue weighted by Crippen LogP contribution is -2.16. The van der Waals surface area contributed by atoms with Gasteiger partial charge >= 0.3 is 15.6 Å². The van der Waals surface area contributed by atoms with Gasteiger partial charge in [-0.3, -0.25) is 19.6 Å². The van der Waals surface area contributed by atoms with Gasteiger partial charge in [0, 0.05) is 69.6 Å². The molecule has 0 radical (unpaired) electrons. The highest BCUT2D eigenvalue weighted by atomic mass is 31.2. The van der Waals surface area contributed by atoms with Crippen molar-refractivity contribution in [3.05, 3.63) is 162 Å². The predicted octanol–water partition coefficient (Wildman–Crippen LogP) is 8.55. The zero-order valence-electron chi connectivity index (χ0n) is 27.7. The predicted molar refractivity (Wildman–Crippen MR) is 191 cm³/mol. The summed E-state index contributed by atoms with van der Waals surface area (Å²) >= 11 is 0. The van der Waals surface area contributed by atoms with Gasteiger partial charge < -0.3 is 9.05 Å². The number of fused-ring (bicyclic) bond motifs is 32. The normalized spacial score (nSPS) is 29.0. The maximum Gasteiger partial charge on any atom is 0.524 e. The first-order valence-electron chi connectivity index (χ1n) is 18.3. The molecule has 4 N–H and O–H groups in total. The molecule has 0 amide bonds. The van der Waals surface area contributed by atoms with Gasteiger partial charge in [0.05, 0.1) is 0 Å². The van der Waals surface area contributed by atoms with Crippen LogP contribution < -0.4 is 9.05 Å². The van der Waals surface area contributed by atoms with Crippen LogP contribution in [0.5, 0.6) is 11.5 Å². The molecular formula is C42H32O8P2. The minimum Gasteiger partial charge on any atom is -0.404 e. The van der Waals surface area contributed by atoms with Gasteiger partial charge in [-0.1, -0.05) is 72.8 Å². The molecule has 8 aliphatic carbocycles. The second-order valence-electron chi connectivity index (χ2n) is 16.3. The Morgan fingerprint density at radius 3 is 0.865 bits per heavy atom. The molecule has 13 rings (SSSR count). The lowest BCUT2D eigenvalue weighted by Gasteiger charge is -2.33. The van der Waals surface area contributed by atoms with Crippen molar-refractivity contribution in [2.75, 3.05) is 0 Å². The molecule has 0 fully saturated rings. The first-order valence-corrected chi connectivity index (χ1v) is 21.3. The first kappa shape index (κ1) is 29.5. The molecule has 258 valence electrons. The number of rotatable bonds is 4. The average Bonchev–Trinajstić information content (AvgIpc) is 3.98. The summed E-state index contributed by atoms with van der Waals surface area (Å²) in [7, 11) is -10.1. The topological polar surface area (TPSA) is 134 Å². The van der Waals surface area contributed by atoms with Crippen LogP contribution in [0.25, 0.3) is 0 Å². The summed E-state index contributed by atoms with van der Waals surface area (Å²) in [6, 6.07) is 26.6. The van der Waals surface area contributed by atoms with Gasteiger partial charge in [-0.05, 0) is 92.4 Å². The Balaban J connectivity index is 1.03. The molecule has 0 aromatic heterocycles. The second kappa shape index (κ2) is 9.19. The number of phosphoric ester groups is 2. The average molecular weight is 727 g/mol. The molecule has 0 aliphatic heterocycles. The lowest BCUT2D eigenvalue weighted by atomic mass is 9.74. The Morgan fingerprint density at radius 2 is 0.615 bits per heavy atom. The third-order valence-corrected chi connectivity index (χ3v) is 15.2. The number of phosphoric acid groups is 2. The zero-order chi connectivity index (χ0) is 34.7. The van der Waals surface area contributed by atoms with Crippen LogP contribution in [0.4, 0.5) is 0 Å². The SMILES string of the molecule is O=P(O)(O)Oc1c2c(c(OP(=O)(O)O)c3c1C1C[C@@H]3c3cc4c(cc31)[C@@H]1C[C@H]4c3ccccc31)C1CC2c2cc3c(cc21)C1CC3c2ccccc21. The minimum absolute atomic E-state index is 0.187. The molecule has 8 nitrogen and oxygen atoms in total. The smallest absolute Gasteiger partial charge is 0.404 e. The summed E-state index contributed by atoms with van der Waals surface area (Å²) in [4.78, 5) is 41.7. The maximum atomic E-state index is 12.8.